The van der Waals surface area contributed by atoms with Crippen molar-refractivity contribution in [2.45, 2.75) is 10.2 Å². The molecule has 1 N–H and O–H groups in total. The van der Waals surface area contributed by atoms with Crippen molar-refractivity contribution in [1.82, 2.24) is 0 Å². The van der Waals surface area contributed by atoms with Crippen molar-refractivity contribution in [1.29, 1.82) is 0 Å². The van der Waals surface area contributed by atoms with E-state index in [0.717, 1.165) is 20.3 Å². The molecule has 0 unspecified atom stereocenters. The topological polar surface area (TPSA) is 20.2 Å². The molecule has 4 heteroatoms. The molecule has 0 aliphatic heterocycles. The van der Waals surface area contributed by atoms with Crippen LogP contribution in [0.5, 0.6) is 5.75 Å². The normalized spacial score (nSPS) is 10.9. The molecule has 0 aliphatic rings. The highest BCUT2D eigenvalue weighted by atomic mass is 79.9. The minimum Gasteiger partial charge on any atom is -0.506 e. The lowest BCUT2D eigenvalue weighted by molar-refractivity contribution is 0.482. The maximum absolute atomic E-state index is 9.57. The van der Waals surface area contributed by atoms with E-state index in [9.17, 15) is 5.11 Å². The van der Waals surface area contributed by atoms with E-state index in [1.165, 1.54) is 16.9 Å². The van der Waals surface area contributed by atoms with Gasteiger partial charge in [0.1, 0.15) is 5.75 Å². The Labute approximate surface area is 93.9 Å². The smallest absolute Gasteiger partial charge is 0.133 e. The fraction of sp³-hybridized carbons (Fsp3) is 0.111. The van der Waals surface area contributed by atoms with Gasteiger partial charge in [0, 0.05) is 21.0 Å². The number of halogens is 1. The van der Waals surface area contributed by atoms with Gasteiger partial charge >= 0.3 is 0 Å². The molecular weight excluding hydrogens is 268 g/mol. The van der Waals surface area contributed by atoms with E-state index in [0.29, 0.717) is 5.75 Å². The molecule has 1 aromatic heterocycles. The number of aromatic hydroxyl groups is 1. The van der Waals surface area contributed by atoms with Gasteiger partial charge in [-0.3, -0.25) is 0 Å². The Morgan fingerprint density at radius 3 is 2.92 bits per heavy atom. The van der Waals surface area contributed by atoms with Crippen molar-refractivity contribution >= 4 is 50.0 Å². The van der Waals surface area contributed by atoms with Gasteiger partial charge in [-0.2, -0.15) is 0 Å². The largest absolute Gasteiger partial charge is 0.506 e. The van der Waals surface area contributed by atoms with Gasteiger partial charge in [-0.15, -0.1) is 24.0 Å². The van der Waals surface area contributed by atoms with Crippen LogP contribution in [0.2, 0.25) is 0 Å². The molecule has 1 nitrogen and oxygen atoms in total. The first-order valence-corrected chi connectivity index (χ1v) is 6.16. The lowest BCUT2D eigenvalue weighted by atomic mass is 10.1. The molecule has 68 valence electrons. The number of benzene rings is 1. The molecule has 0 spiro atoms. The number of hydrogen-bond acceptors (Lipinski definition) is 3. The van der Waals surface area contributed by atoms with Crippen LogP contribution in [0.3, 0.4) is 0 Å². The van der Waals surface area contributed by atoms with Gasteiger partial charge in [0.15, 0.2) is 0 Å². The third-order valence-corrected chi connectivity index (χ3v) is 4.05. The van der Waals surface area contributed by atoms with Crippen LogP contribution in [0.1, 0.15) is 5.56 Å². The van der Waals surface area contributed by atoms with Crippen molar-refractivity contribution < 1.29 is 5.11 Å². The Balaban J connectivity index is 2.88. The number of hydrogen-bond donors (Lipinski definition) is 2. The second-order valence-corrected chi connectivity index (χ2v) is 4.62. The van der Waals surface area contributed by atoms with Crippen molar-refractivity contribution in [3.05, 3.63) is 23.1 Å². The molecule has 0 fully saturated rings. The summed E-state index contributed by atoms with van der Waals surface area (Å²) in [6, 6.07) is 3.64. The van der Waals surface area contributed by atoms with Crippen LogP contribution < -0.4 is 0 Å². The van der Waals surface area contributed by atoms with Gasteiger partial charge in [-0.25, -0.2) is 0 Å². The molecule has 2 rings (SSSR count). The maximum atomic E-state index is 9.57. The molecule has 0 saturated carbocycles. The zero-order valence-electron chi connectivity index (χ0n) is 6.62. The SMILES string of the molecule is Oc1ccc(CBr)c2c(S)csc12. The summed E-state index contributed by atoms with van der Waals surface area (Å²) in [4.78, 5) is 0.936. The average molecular weight is 275 g/mol. The predicted octanol–water partition coefficient (Wildman–Crippen LogP) is 3.79. The van der Waals surface area contributed by atoms with E-state index < -0.39 is 0 Å². The van der Waals surface area contributed by atoms with E-state index in [2.05, 4.69) is 28.6 Å². The standard InChI is InChI=1S/C9H7BrOS2/c10-3-5-1-2-6(11)9-8(5)7(12)4-13-9/h1-2,4,11-12H,3H2. The van der Waals surface area contributed by atoms with Crippen LogP contribution in [0, 0.1) is 0 Å². The molecule has 0 aliphatic carbocycles. The van der Waals surface area contributed by atoms with Gasteiger partial charge in [0.05, 0.1) is 4.70 Å². The fourth-order valence-electron chi connectivity index (χ4n) is 1.30. The van der Waals surface area contributed by atoms with E-state index in [1.807, 2.05) is 11.4 Å². The van der Waals surface area contributed by atoms with E-state index in [4.69, 9.17) is 0 Å². The molecule has 1 heterocycles. The van der Waals surface area contributed by atoms with Crippen molar-refractivity contribution in [2.75, 3.05) is 0 Å². The predicted molar refractivity (Wildman–Crippen MR) is 63.4 cm³/mol. The number of phenolic OH excluding ortho intramolecular Hbond substituents is 1. The minimum absolute atomic E-state index is 0.338. The highest BCUT2D eigenvalue weighted by Gasteiger charge is 2.09. The number of rotatable bonds is 1. The van der Waals surface area contributed by atoms with Crippen LogP contribution >= 0.6 is 39.9 Å². The third-order valence-electron chi connectivity index (χ3n) is 1.91. The van der Waals surface area contributed by atoms with Gasteiger partial charge in [-0.1, -0.05) is 22.0 Å². The molecular formula is C9H7BrOS2. The summed E-state index contributed by atoms with van der Waals surface area (Å²) in [5.74, 6) is 0.338. The minimum atomic E-state index is 0.338. The quantitative estimate of drug-likeness (QED) is 0.599. The van der Waals surface area contributed by atoms with Crippen molar-refractivity contribution in [2.24, 2.45) is 0 Å². The van der Waals surface area contributed by atoms with Crippen LogP contribution in [-0.2, 0) is 5.33 Å². The summed E-state index contributed by atoms with van der Waals surface area (Å²) in [6.45, 7) is 0. The summed E-state index contributed by atoms with van der Waals surface area (Å²) < 4.78 is 0.918. The molecule has 0 saturated heterocycles. The summed E-state index contributed by atoms with van der Waals surface area (Å²) in [5, 5.41) is 13.4. The average Bonchev–Trinajstić information content (AvgIpc) is 2.51. The Hall–Kier alpha value is -0.190. The number of fused-ring (bicyclic) bond motifs is 1. The Morgan fingerprint density at radius 1 is 1.46 bits per heavy atom. The summed E-state index contributed by atoms with van der Waals surface area (Å²) in [5.41, 5.74) is 1.17. The van der Waals surface area contributed by atoms with E-state index in [-0.39, 0.29) is 0 Å². The summed E-state index contributed by atoms with van der Waals surface area (Å²) in [7, 11) is 0. The highest BCUT2D eigenvalue weighted by molar-refractivity contribution is 9.08. The number of thiol groups is 1. The van der Waals surface area contributed by atoms with Crippen LogP contribution in [-0.4, -0.2) is 5.11 Å². The molecule has 2 aromatic rings. The molecule has 0 bridgehead atoms. The second-order valence-electron chi connectivity index (χ2n) is 2.70. The Morgan fingerprint density at radius 2 is 2.23 bits per heavy atom. The van der Waals surface area contributed by atoms with Gasteiger partial charge in [0.25, 0.3) is 0 Å². The van der Waals surface area contributed by atoms with Crippen molar-refractivity contribution in [3.63, 3.8) is 0 Å². The number of thiophene rings is 1. The molecule has 0 amide bonds. The van der Waals surface area contributed by atoms with Gasteiger partial charge in [0.2, 0.25) is 0 Å². The molecule has 0 radical (unpaired) electrons. The maximum Gasteiger partial charge on any atom is 0.133 e. The lowest BCUT2D eigenvalue weighted by Crippen LogP contribution is -1.78. The zero-order valence-corrected chi connectivity index (χ0v) is 9.92. The monoisotopic (exact) mass is 274 g/mol. The van der Waals surface area contributed by atoms with Crippen LogP contribution in [0.25, 0.3) is 10.1 Å². The lowest BCUT2D eigenvalue weighted by Gasteiger charge is -2.01. The Bertz CT molecular complexity index is 450. The first kappa shape index (κ1) is 9.37. The molecule has 0 atom stereocenters. The van der Waals surface area contributed by atoms with E-state index >= 15 is 0 Å². The highest BCUT2D eigenvalue weighted by Crippen LogP contribution is 2.37. The third kappa shape index (κ3) is 1.47. The van der Waals surface area contributed by atoms with Gasteiger partial charge in [-0.05, 0) is 11.6 Å². The van der Waals surface area contributed by atoms with E-state index in [1.54, 1.807) is 6.07 Å². The second kappa shape index (κ2) is 3.52. The summed E-state index contributed by atoms with van der Waals surface area (Å²) in [6.07, 6.45) is 0. The first-order valence-electron chi connectivity index (χ1n) is 3.71. The summed E-state index contributed by atoms with van der Waals surface area (Å²) >= 11 is 9.28. The van der Waals surface area contributed by atoms with Crippen LogP contribution in [0.4, 0.5) is 0 Å². The Kier molecular flexibility index (Phi) is 2.53. The molecule has 1 aromatic carbocycles. The zero-order chi connectivity index (χ0) is 9.42. The van der Waals surface area contributed by atoms with Gasteiger partial charge < -0.3 is 5.11 Å². The number of alkyl halides is 1. The van der Waals surface area contributed by atoms with Crippen molar-refractivity contribution in [3.8, 4) is 5.75 Å². The van der Waals surface area contributed by atoms with Crippen LogP contribution in [0.15, 0.2) is 22.4 Å². The molecule has 13 heavy (non-hydrogen) atoms. The number of phenols is 1. The fourth-order valence-corrected chi connectivity index (χ4v) is 3.15. The first-order chi connectivity index (χ1) is 6.24.